The number of thiazole rings is 1. The molecule has 3 heteroatoms. The highest BCUT2D eigenvalue weighted by Crippen LogP contribution is 2.19. The molecular formula is C7H12N2S. The lowest BCUT2D eigenvalue weighted by Crippen LogP contribution is -2.16. The molecule has 0 aliphatic rings. The molecule has 0 amide bonds. The highest BCUT2D eigenvalue weighted by Gasteiger charge is 2.11. The summed E-state index contributed by atoms with van der Waals surface area (Å²) in [4.78, 5) is 4.13. The van der Waals surface area contributed by atoms with Gasteiger partial charge < -0.3 is 5.73 Å². The molecule has 1 atom stereocenters. The summed E-state index contributed by atoms with van der Waals surface area (Å²) in [6.45, 7) is 4.21. The standard InChI is InChI=1S/C7H12N2S/c1-5(2)6(8)7-9-3-4-10-7/h3-6H,8H2,1-2H3/t6-/m0/s1. The van der Waals surface area contributed by atoms with E-state index >= 15 is 0 Å². The highest BCUT2D eigenvalue weighted by molar-refractivity contribution is 7.09. The Morgan fingerprint density at radius 2 is 2.30 bits per heavy atom. The van der Waals surface area contributed by atoms with Gasteiger partial charge in [-0.3, -0.25) is 0 Å². The van der Waals surface area contributed by atoms with Crippen LogP contribution in [-0.4, -0.2) is 4.98 Å². The van der Waals surface area contributed by atoms with Gasteiger partial charge in [0.15, 0.2) is 0 Å². The summed E-state index contributed by atoms with van der Waals surface area (Å²) in [7, 11) is 0. The van der Waals surface area contributed by atoms with Gasteiger partial charge in [0.1, 0.15) is 5.01 Å². The fourth-order valence-electron chi connectivity index (χ4n) is 0.684. The first-order valence-corrected chi connectivity index (χ1v) is 4.24. The van der Waals surface area contributed by atoms with Crippen LogP contribution in [0.1, 0.15) is 24.9 Å². The number of nitrogens with zero attached hydrogens (tertiary/aromatic N) is 1. The molecular weight excluding hydrogens is 144 g/mol. The van der Waals surface area contributed by atoms with Crippen LogP contribution in [0.25, 0.3) is 0 Å². The van der Waals surface area contributed by atoms with E-state index in [1.807, 2.05) is 5.38 Å². The first-order chi connectivity index (χ1) is 4.72. The lowest BCUT2D eigenvalue weighted by Gasteiger charge is -2.11. The van der Waals surface area contributed by atoms with Crippen LogP contribution < -0.4 is 5.73 Å². The summed E-state index contributed by atoms with van der Waals surface area (Å²) >= 11 is 1.62. The Bertz CT molecular complexity index is 181. The van der Waals surface area contributed by atoms with E-state index in [4.69, 9.17) is 5.73 Å². The van der Waals surface area contributed by atoms with Gasteiger partial charge in [-0.2, -0.15) is 0 Å². The normalized spacial score (nSPS) is 14.0. The van der Waals surface area contributed by atoms with E-state index in [0.29, 0.717) is 5.92 Å². The summed E-state index contributed by atoms with van der Waals surface area (Å²) in [6, 6.07) is 0.111. The second-order valence-corrected chi connectivity index (χ2v) is 3.57. The Morgan fingerprint density at radius 1 is 1.60 bits per heavy atom. The molecule has 0 unspecified atom stereocenters. The number of nitrogens with two attached hydrogens (primary N) is 1. The molecule has 0 bridgehead atoms. The van der Waals surface area contributed by atoms with Gasteiger partial charge in [-0.25, -0.2) is 4.98 Å². The fourth-order valence-corrected chi connectivity index (χ4v) is 1.50. The first-order valence-electron chi connectivity index (χ1n) is 3.37. The monoisotopic (exact) mass is 156 g/mol. The van der Waals surface area contributed by atoms with Crippen molar-refractivity contribution < 1.29 is 0 Å². The molecule has 0 aromatic carbocycles. The minimum Gasteiger partial charge on any atom is -0.322 e. The van der Waals surface area contributed by atoms with Crippen LogP contribution in [0, 0.1) is 5.92 Å². The van der Waals surface area contributed by atoms with Gasteiger partial charge in [-0.1, -0.05) is 13.8 Å². The van der Waals surface area contributed by atoms with E-state index in [9.17, 15) is 0 Å². The number of rotatable bonds is 2. The maximum atomic E-state index is 5.83. The van der Waals surface area contributed by atoms with E-state index in [2.05, 4.69) is 18.8 Å². The third-order valence-electron chi connectivity index (χ3n) is 1.45. The molecule has 2 nitrogen and oxygen atoms in total. The molecule has 2 N–H and O–H groups in total. The first kappa shape index (κ1) is 7.69. The Balaban J connectivity index is 2.68. The molecule has 10 heavy (non-hydrogen) atoms. The Kier molecular flexibility index (Phi) is 2.40. The second kappa shape index (κ2) is 3.12. The van der Waals surface area contributed by atoms with Crippen LogP contribution in [0.2, 0.25) is 0 Å². The van der Waals surface area contributed by atoms with Crippen molar-refractivity contribution in [2.75, 3.05) is 0 Å². The van der Waals surface area contributed by atoms with Gasteiger partial charge in [-0.05, 0) is 5.92 Å². The van der Waals surface area contributed by atoms with E-state index < -0.39 is 0 Å². The number of hydrogen-bond donors (Lipinski definition) is 1. The summed E-state index contributed by atoms with van der Waals surface area (Å²) in [6.07, 6.45) is 1.79. The van der Waals surface area contributed by atoms with Crippen LogP contribution in [0.4, 0.5) is 0 Å². The smallest absolute Gasteiger partial charge is 0.110 e. The van der Waals surface area contributed by atoms with Crippen molar-refractivity contribution in [3.05, 3.63) is 16.6 Å². The topological polar surface area (TPSA) is 38.9 Å². The molecule has 0 radical (unpaired) electrons. The predicted molar refractivity (Wildman–Crippen MR) is 43.9 cm³/mol. The molecule has 0 saturated heterocycles. The average Bonchev–Trinajstić information content (AvgIpc) is 2.36. The molecule has 0 aliphatic carbocycles. The maximum absolute atomic E-state index is 5.83. The zero-order valence-corrected chi connectivity index (χ0v) is 7.06. The van der Waals surface area contributed by atoms with Gasteiger partial charge in [0.25, 0.3) is 0 Å². The van der Waals surface area contributed by atoms with Crippen molar-refractivity contribution in [1.82, 2.24) is 4.98 Å². The molecule has 1 rings (SSSR count). The van der Waals surface area contributed by atoms with Gasteiger partial charge in [-0.15, -0.1) is 11.3 Å². The molecule has 0 spiro atoms. The van der Waals surface area contributed by atoms with Gasteiger partial charge in [0.2, 0.25) is 0 Å². The molecule has 1 aromatic heterocycles. The third-order valence-corrected chi connectivity index (χ3v) is 2.33. The molecule has 0 aliphatic heterocycles. The highest BCUT2D eigenvalue weighted by atomic mass is 32.1. The third kappa shape index (κ3) is 1.55. The van der Waals surface area contributed by atoms with E-state index in [1.165, 1.54) is 0 Å². The molecule has 56 valence electrons. The summed E-state index contributed by atoms with van der Waals surface area (Å²) in [5.41, 5.74) is 5.83. The number of hydrogen-bond acceptors (Lipinski definition) is 3. The Hall–Kier alpha value is -0.410. The SMILES string of the molecule is CC(C)[C@H](N)c1nccs1. The van der Waals surface area contributed by atoms with Crippen molar-refractivity contribution in [2.45, 2.75) is 19.9 Å². The average molecular weight is 156 g/mol. The Morgan fingerprint density at radius 3 is 2.70 bits per heavy atom. The summed E-state index contributed by atoms with van der Waals surface area (Å²) in [5, 5.41) is 2.99. The van der Waals surface area contributed by atoms with Crippen molar-refractivity contribution in [3.8, 4) is 0 Å². The van der Waals surface area contributed by atoms with Crippen molar-refractivity contribution >= 4 is 11.3 Å². The Labute approximate surface area is 65.1 Å². The largest absolute Gasteiger partial charge is 0.322 e. The molecule has 0 saturated carbocycles. The molecule has 1 aromatic rings. The zero-order chi connectivity index (χ0) is 7.56. The minimum atomic E-state index is 0.111. The minimum absolute atomic E-state index is 0.111. The van der Waals surface area contributed by atoms with Gasteiger partial charge in [0.05, 0.1) is 6.04 Å². The van der Waals surface area contributed by atoms with Crippen LogP contribution in [0.15, 0.2) is 11.6 Å². The van der Waals surface area contributed by atoms with Crippen LogP contribution in [-0.2, 0) is 0 Å². The molecule has 0 fully saturated rings. The lowest BCUT2D eigenvalue weighted by atomic mass is 10.1. The zero-order valence-electron chi connectivity index (χ0n) is 6.24. The van der Waals surface area contributed by atoms with Crippen LogP contribution in [0.3, 0.4) is 0 Å². The van der Waals surface area contributed by atoms with Crippen molar-refractivity contribution in [1.29, 1.82) is 0 Å². The van der Waals surface area contributed by atoms with Crippen molar-refractivity contribution in [2.24, 2.45) is 11.7 Å². The van der Waals surface area contributed by atoms with Crippen LogP contribution in [0.5, 0.6) is 0 Å². The number of aromatic nitrogens is 1. The van der Waals surface area contributed by atoms with Gasteiger partial charge in [0, 0.05) is 11.6 Å². The quantitative estimate of drug-likeness (QED) is 0.709. The fraction of sp³-hybridized carbons (Fsp3) is 0.571. The second-order valence-electron chi connectivity index (χ2n) is 2.64. The maximum Gasteiger partial charge on any atom is 0.110 e. The predicted octanol–water partition coefficient (Wildman–Crippen LogP) is 1.80. The summed E-state index contributed by atoms with van der Waals surface area (Å²) in [5.74, 6) is 0.478. The van der Waals surface area contributed by atoms with E-state index in [0.717, 1.165) is 5.01 Å². The van der Waals surface area contributed by atoms with Gasteiger partial charge >= 0.3 is 0 Å². The summed E-state index contributed by atoms with van der Waals surface area (Å²) < 4.78 is 0. The van der Waals surface area contributed by atoms with Crippen LogP contribution >= 0.6 is 11.3 Å². The lowest BCUT2D eigenvalue weighted by molar-refractivity contribution is 0.512. The van der Waals surface area contributed by atoms with Crippen molar-refractivity contribution in [3.63, 3.8) is 0 Å². The van der Waals surface area contributed by atoms with E-state index in [1.54, 1.807) is 17.5 Å². The van der Waals surface area contributed by atoms with E-state index in [-0.39, 0.29) is 6.04 Å². The molecule has 1 heterocycles.